The number of nitrogens with one attached hydrogen (secondary N) is 1. The molecule has 1 aromatic carbocycles. The Labute approximate surface area is 104 Å². The van der Waals surface area contributed by atoms with E-state index in [1.165, 1.54) is 18.4 Å². The van der Waals surface area contributed by atoms with Gasteiger partial charge in [0.2, 0.25) is 10.0 Å². The van der Waals surface area contributed by atoms with Gasteiger partial charge in [-0.3, -0.25) is 4.21 Å². The van der Waals surface area contributed by atoms with E-state index in [1.54, 1.807) is 19.1 Å². The van der Waals surface area contributed by atoms with Crippen molar-refractivity contribution in [1.82, 2.24) is 4.72 Å². The quantitative estimate of drug-likeness (QED) is 0.758. The molecule has 1 aromatic rings. The van der Waals surface area contributed by atoms with Crippen LogP contribution in [0.15, 0.2) is 29.2 Å². The molecule has 96 valence electrons. The summed E-state index contributed by atoms with van der Waals surface area (Å²) >= 11 is 0. The van der Waals surface area contributed by atoms with Gasteiger partial charge in [-0.15, -0.1) is 0 Å². The Morgan fingerprint density at radius 3 is 2.65 bits per heavy atom. The molecule has 3 N–H and O–H groups in total. The zero-order valence-corrected chi connectivity index (χ0v) is 11.3. The molecule has 0 fully saturated rings. The van der Waals surface area contributed by atoms with Gasteiger partial charge < -0.3 is 5.73 Å². The van der Waals surface area contributed by atoms with Crippen LogP contribution in [0.25, 0.3) is 0 Å². The van der Waals surface area contributed by atoms with Gasteiger partial charge in [-0.05, 0) is 25.1 Å². The van der Waals surface area contributed by atoms with E-state index < -0.39 is 20.8 Å². The van der Waals surface area contributed by atoms with Crippen molar-refractivity contribution in [2.45, 2.75) is 17.9 Å². The van der Waals surface area contributed by atoms with Crippen LogP contribution in [0, 0.1) is 0 Å². The lowest BCUT2D eigenvalue weighted by atomic mass is 10.3. The summed E-state index contributed by atoms with van der Waals surface area (Å²) in [5.41, 5.74) is 5.91. The van der Waals surface area contributed by atoms with Crippen LogP contribution < -0.4 is 10.5 Å². The minimum atomic E-state index is -3.59. The summed E-state index contributed by atoms with van der Waals surface area (Å²) in [4.78, 5) is 0.117. The Morgan fingerprint density at radius 2 is 2.12 bits per heavy atom. The molecular formula is C10H16N2O3S2. The van der Waals surface area contributed by atoms with Crippen molar-refractivity contribution < 1.29 is 12.6 Å². The van der Waals surface area contributed by atoms with Crippen molar-refractivity contribution in [1.29, 1.82) is 0 Å². The molecule has 0 radical (unpaired) electrons. The summed E-state index contributed by atoms with van der Waals surface area (Å²) in [5, 5.41) is 0. The summed E-state index contributed by atoms with van der Waals surface area (Å²) < 4.78 is 37.3. The van der Waals surface area contributed by atoms with Gasteiger partial charge in [0.25, 0.3) is 0 Å². The van der Waals surface area contributed by atoms with Crippen LogP contribution in [-0.2, 0) is 20.8 Å². The van der Waals surface area contributed by atoms with Crippen molar-refractivity contribution >= 4 is 26.5 Å². The van der Waals surface area contributed by atoms with Crippen LogP contribution in [0.2, 0.25) is 0 Å². The Morgan fingerprint density at radius 1 is 1.47 bits per heavy atom. The van der Waals surface area contributed by atoms with Crippen LogP contribution in [0.4, 0.5) is 5.69 Å². The van der Waals surface area contributed by atoms with Gasteiger partial charge in [0.1, 0.15) is 0 Å². The molecule has 0 saturated carbocycles. The molecule has 0 saturated heterocycles. The average Bonchev–Trinajstić information content (AvgIpc) is 2.15. The molecule has 2 unspecified atom stereocenters. The predicted octanol–water partition coefficient (Wildman–Crippen LogP) is 0.314. The molecule has 7 heteroatoms. The molecule has 0 aliphatic rings. The van der Waals surface area contributed by atoms with Crippen LogP contribution in [0.3, 0.4) is 0 Å². The number of hydrogen-bond acceptors (Lipinski definition) is 4. The summed E-state index contributed by atoms with van der Waals surface area (Å²) in [6.07, 6.45) is 1.53. The van der Waals surface area contributed by atoms with Crippen LogP contribution >= 0.6 is 0 Å². The smallest absolute Gasteiger partial charge is 0.240 e. The van der Waals surface area contributed by atoms with E-state index in [0.29, 0.717) is 5.69 Å². The third kappa shape index (κ3) is 4.45. The highest BCUT2D eigenvalue weighted by Crippen LogP contribution is 2.12. The van der Waals surface area contributed by atoms with E-state index in [9.17, 15) is 12.6 Å². The molecule has 5 nitrogen and oxygen atoms in total. The van der Waals surface area contributed by atoms with E-state index in [2.05, 4.69) is 4.72 Å². The van der Waals surface area contributed by atoms with Crippen LogP contribution in [0.5, 0.6) is 0 Å². The van der Waals surface area contributed by atoms with Crippen molar-refractivity contribution in [3.8, 4) is 0 Å². The van der Waals surface area contributed by atoms with Crippen molar-refractivity contribution in [2.75, 3.05) is 17.7 Å². The second-order valence-corrected chi connectivity index (χ2v) is 7.03. The van der Waals surface area contributed by atoms with Gasteiger partial charge >= 0.3 is 0 Å². The highest BCUT2D eigenvalue weighted by molar-refractivity contribution is 7.89. The van der Waals surface area contributed by atoms with Gasteiger partial charge in [0.15, 0.2) is 0 Å². The van der Waals surface area contributed by atoms with Gasteiger partial charge in [-0.2, -0.15) is 0 Å². The minimum Gasteiger partial charge on any atom is -0.399 e. The van der Waals surface area contributed by atoms with E-state index in [0.717, 1.165) is 0 Å². The third-order valence-electron chi connectivity index (χ3n) is 2.01. The Hall–Kier alpha value is -0.920. The molecule has 0 bridgehead atoms. The Bertz CT molecular complexity index is 514. The van der Waals surface area contributed by atoms with E-state index in [1.807, 2.05) is 0 Å². The fourth-order valence-electron chi connectivity index (χ4n) is 1.40. The van der Waals surface area contributed by atoms with Crippen LogP contribution in [0.1, 0.15) is 6.92 Å². The zero-order valence-electron chi connectivity index (χ0n) is 9.71. The standard InChI is InChI=1S/C10H16N2O3S2/c1-8(7-16(2)13)12-17(14,15)10-5-3-4-9(11)6-10/h3-6,8,12H,7,11H2,1-2H3. The first kappa shape index (κ1) is 14.1. The lowest BCUT2D eigenvalue weighted by Crippen LogP contribution is -2.36. The van der Waals surface area contributed by atoms with Crippen molar-refractivity contribution in [3.63, 3.8) is 0 Å². The fourth-order valence-corrected chi connectivity index (χ4v) is 3.59. The molecule has 0 aromatic heterocycles. The average molecular weight is 276 g/mol. The number of hydrogen-bond donors (Lipinski definition) is 2. The highest BCUT2D eigenvalue weighted by atomic mass is 32.2. The first-order chi connectivity index (χ1) is 7.81. The normalized spacial score (nSPS) is 15.4. The van der Waals surface area contributed by atoms with Crippen molar-refractivity contribution in [2.24, 2.45) is 0 Å². The molecule has 0 spiro atoms. The maximum Gasteiger partial charge on any atom is 0.240 e. The van der Waals surface area contributed by atoms with E-state index in [-0.39, 0.29) is 16.7 Å². The van der Waals surface area contributed by atoms with E-state index >= 15 is 0 Å². The first-order valence-corrected chi connectivity index (χ1v) is 8.20. The molecule has 0 amide bonds. The number of benzene rings is 1. The highest BCUT2D eigenvalue weighted by Gasteiger charge is 2.17. The summed E-state index contributed by atoms with van der Waals surface area (Å²) in [6.45, 7) is 1.67. The lowest BCUT2D eigenvalue weighted by Gasteiger charge is -2.13. The number of rotatable bonds is 5. The van der Waals surface area contributed by atoms with Gasteiger partial charge in [-0.1, -0.05) is 6.07 Å². The van der Waals surface area contributed by atoms with Gasteiger partial charge in [0.05, 0.1) is 4.90 Å². The third-order valence-corrected chi connectivity index (χ3v) is 4.57. The number of nitrogen functional groups attached to an aromatic ring is 1. The second-order valence-electron chi connectivity index (χ2n) is 3.83. The first-order valence-electron chi connectivity index (χ1n) is 4.99. The molecular weight excluding hydrogens is 260 g/mol. The predicted molar refractivity (Wildman–Crippen MR) is 69.6 cm³/mol. The summed E-state index contributed by atoms with van der Waals surface area (Å²) in [5.74, 6) is 0.279. The zero-order chi connectivity index (χ0) is 13.1. The van der Waals surface area contributed by atoms with E-state index in [4.69, 9.17) is 5.73 Å². The molecule has 0 aliphatic heterocycles. The molecule has 2 atom stereocenters. The monoisotopic (exact) mass is 276 g/mol. The number of sulfonamides is 1. The minimum absolute atomic E-state index is 0.117. The topological polar surface area (TPSA) is 89.3 Å². The lowest BCUT2D eigenvalue weighted by molar-refractivity contribution is 0.570. The Kier molecular flexibility index (Phi) is 4.67. The SMILES string of the molecule is CC(CS(C)=O)NS(=O)(=O)c1cccc(N)c1. The maximum absolute atomic E-state index is 11.9. The van der Waals surface area contributed by atoms with Crippen LogP contribution in [-0.4, -0.2) is 30.7 Å². The molecule has 0 heterocycles. The second kappa shape index (κ2) is 5.61. The molecule has 0 aliphatic carbocycles. The fraction of sp³-hybridized carbons (Fsp3) is 0.400. The molecule has 17 heavy (non-hydrogen) atoms. The number of anilines is 1. The number of nitrogens with two attached hydrogens (primary N) is 1. The van der Waals surface area contributed by atoms with Crippen molar-refractivity contribution in [3.05, 3.63) is 24.3 Å². The largest absolute Gasteiger partial charge is 0.399 e. The summed E-state index contributed by atoms with van der Waals surface area (Å²) in [7, 11) is -4.63. The maximum atomic E-state index is 11.9. The Balaban J connectivity index is 2.86. The van der Waals surface area contributed by atoms with Gasteiger partial charge in [0, 0.05) is 34.5 Å². The molecule has 1 rings (SSSR count). The van der Waals surface area contributed by atoms with Gasteiger partial charge in [-0.25, -0.2) is 13.1 Å². The summed E-state index contributed by atoms with van der Waals surface area (Å²) in [6, 6.07) is 5.66.